The summed E-state index contributed by atoms with van der Waals surface area (Å²) >= 11 is 0. The Balaban J connectivity index is 1.54. The summed E-state index contributed by atoms with van der Waals surface area (Å²) in [5.74, 6) is 0.168. The van der Waals surface area contributed by atoms with Gasteiger partial charge in [-0.25, -0.2) is 0 Å². The molecule has 1 aromatic heterocycles. The number of hydrogen-bond donors (Lipinski definition) is 2. The van der Waals surface area contributed by atoms with Crippen molar-refractivity contribution in [2.45, 2.75) is 31.8 Å². The molecule has 106 valence electrons. The van der Waals surface area contributed by atoms with Crippen molar-refractivity contribution in [3.8, 4) is 0 Å². The number of H-pyrrole nitrogens is 1. The molecule has 2 N–H and O–H groups in total. The molecule has 4 heteroatoms. The Morgan fingerprint density at radius 1 is 1.40 bits per heavy atom. The van der Waals surface area contributed by atoms with Gasteiger partial charge in [0.1, 0.15) is 0 Å². The number of hydrogen-bond acceptors (Lipinski definition) is 2. The zero-order valence-corrected chi connectivity index (χ0v) is 11.5. The van der Waals surface area contributed by atoms with E-state index >= 15 is 0 Å². The molecular formula is C16H20N2O2. The van der Waals surface area contributed by atoms with Gasteiger partial charge in [-0.05, 0) is 30.9 Å². The number of carbonyl (C=O) groups is 1. The second-order valence-corrected chi connectivity index (χ2v) is 5.50. The number of aromatic amines is 1. The van der Waals surface area contributed by atoms with E-state index in [2.05, 4.69) is 17.1 Å². The highest BCUT2D eigenvalue weighted by atomic mass is 16.3. The zero-order valence-electron chi connectivity index (χ0n) is 11.5. The standard InChI is InChI=1S/C16H20N2O2/c19-13-8-9-18(11-13)16(20)7-3-4-12-10-17-15-6-2-1-5-14(12)15/h1-2,5-6,10,13,17,19H,3-4,7-9,11H2/t13-/m1/s1. The minimum atomic E-state index is -0.326. The molecular weight excluding hydrogens is 252 g/mol. The number of aliphatic hydroxyl groups excluding tert-OH is 1. The molecule has 3 rings (SSSR count). The molecule has 4 nitrogen and oxygen atoms in total. The molecule has 0 saturated carbocycles. The van der Waals surface area contributed by atoms with Gasteiger partial charge in [0.25, 0.3) is 0 Å². The predicted molar refractivity (Wildman–Crippen MR) is 78.4 cm³/mol. The van der Waals surface area contributed by atoms with Crippen LogP contribution in [0.1, 0.15) is 24.8 Å². The number of benzene rings is 1. The van der Waals surface area contributed by atoms with Gasteiger partial charge >= 0.3 is 0 Å². The van der Waals surface area contributed by atoms with Crippen LogP contribution in [0.15, 0.2) is 30.5 Å². The molecule has 20 heavy (non-hydrogen) atoms. The SMILES string of the molecule is O=C(CCCc1c[nH]c2ccccc12)N1CC[C@@H](O)C1. The molecule has 2 aromatic rings. The molecule has 0 radical (unpaired) electrons. The van der Waals surface area contributed by atoms with Crippen LogP contribution >= 0.6 is 0 Å². The number of amides is 1. The normalized spacial score (nSPS) is 18.9. The number of rotatable bonds is 4. The first-order chi connectivity index (χ1) is 9.74. The van der Waals surface area contributed by atoms with E-state index in [1.54, 1.807) is 4.90 Å². The summed E-state index contributed by atoms with van der Waals surface area (Å²) in [6, 6.07) is 8.23. The zero-order chi connectivity index (χ0) is 13.9. The Kier molecular flexibility index (Phi) is 3.74. The fraction of sp³-hybridized carbons (Fsp3) is 0.438. The number of para-hydroxylation sites is 1. The van der Waals surface area contributed by atoms with E-state index in [0.717, 1.165) is 18.4 Å². The third-order valence-corrected chi connectivity index (χ3v) is 4.03. The van der Waals surface area contributed by atoms with Crippen molar-refractivity contribution in [3.05, 3.63) is 36.0 Å². The first kappa shape index (κ1) is 13.2. The lowest BCUT2D eigenvalue weighted by atomic mass is 10.1. The minimum absolute atomic E-state index is 0.168. The van der Waals surface area contributed by atoms with E-state index in [0.29, 0.717) is 25.9 Å². The van der Waals surface area contributed by atoms with Crippen LogP contribution < -0.4 is 0 Å². The lowest BCUT2D eigenvalue weighted by Gasteiger charge is -2.15. The van der Waals surface area contributed by atoms with Crippen molar-refractivity contribution in [1.29, 1.82) is 0 Å². The fourth-order valence-electron chi connectivity index (χ4n) is 2.89. The van der Waals surface area contributed by atoms with E-state index in [1.165, 1.54) is 10.9 Å². The molecule has 1 aliphatic heterocycles. The molecule has 1 atom stereocenters. The molecule has 0 aliphatic carbocycles. The van der Waals surface area contributed by atoms with Crippen LogP contribution in [0, 0.1) is 0 Å². The van der Waals surface area contributed by atoms with Gasteiger partial charge in [-0.15, -0.1) is 0 Å². The second kappa shape index (κ2) is 5.67. The highest BCUT2D eigenvalue weighted by Gasteiger charge is 2.23. The Morgan fingerprint density at radius 3 is 3.05 bits per heavy atom. The predicted octanol–water partition coefficient (Wildman–Crippen LogP) is 2.08. The summed E-state index contributed by atoms with van der Waals surface area (Å²) in [6.07, 6.45) is 4.75. The lowest BCUT2D eigenvalue weighted by Crippen LogP contribution is -2.29. The molecule has 0 bridgehead atoms. The third-order valence-electron chi connectivity index (χ3n) is 4.03. The van der Waals surface area contributed by atoms with Crippen LogP contribution in [-0.2, 0) is 11.2 Å². The van der Waals surface area contributed by atoms with Gasteiger partial charge in [0.15, 0.2) is 0 Å². The quantitative estimate of drug-likeness (QED) is 0.895. The van der Waals surface area contributed by atoms with Crippen molar-refractivity contribution < 1.29 is 9.90 Å². The van der Waals surface area contributed by atoms with Crippen LogP contribution in [0.25, 0.3) is 10.9 Å². The number of aliphatic hydroxyl groups is 1. The van der Waals surface area contributed by atoms with Gasteiger partial charge in [0.2, 0.25) is 5.91 Å². The molecule has 1 amide bonds. The summed E-state index contributed by atoms with van der Waals surface area (Å²) in [7, 11) is 0. The monoisotopic (exact) mass is 272 g/mol. The maximum absolute atomic E-state index is 12.0. The van der Waals surface area contributed by atoms with Crippen molar-refractivity contribution in [1.82, 2.24) is 9.88 Å². The number of β-amino-alcohol motifs (C(OH)–C–C–N with tert-alkyl or cyclic N) is 1. The average molecular weight is 272 g/mol. The van der Waals surface area contributed by atoms with Gasteiger partial charge in [-0.1, -0.05) is 18.2 Å². The van der Waals surface area contributed by atoms with E-state index in [-0.39, 0.29) is 12.0 Å². The van der Waals surface area contributed by atoms with Crippen LogP contribution in [0.5, 0.6) is 0 Å². The third kappa shape index (κ3) is 2.70. The van der Waals surface area contributed by atoms with E-state index in [9.17, 15) is 9.90 Å². The maximum Gasteiger partial charge on any atom is 0.222 e. The van der Waals surface area contributed by atoms with E-state index in [4.69, 9.17) is 0 Å². The van der Waals surface area contributed by atoms with Gasteiger partial charge in [0, 0.05) is 36.6 Å². The van der Waals surface area contributed by atoms with Crippen LogP contribution in [0.3, 0.4) is 0 Å². The molecule has 1 aliphatic rings. The average Bonchev–Trinajstić information content (AvgIpc) is 3.06. The van der Waals surface area contributed by atoms with Crippen LogP contribution in [0.2, 0.25) is 0 Å². The first-order valence-corrected chi connectivity index (χ1v) is 7.25. The Labute approximate surface area is 118 Å². The topological polar surface area (TPSA) is 56.3 Å². The van der Waals surface area contributed by atoms with Crippen LogP contribution in [-0.4, -0.2) is 40.1 Å². The smallest absolute Gasteiger partial charge is 0.222 e. The number of carbonyl (C=O) groups excluding carboxylic acids is 1. The van der Waals surface area contributed by atoms with Crippen molar-refractivity contribution in [2.24, 2.45) is 0 Å². The number of fused-ring (bicyclic) bond motifs is 1. The number of nitrogens with zero attached hydrogens (tertiary/aromatic N) is 1. The molecule has 0 unspecified atom stereocenters. The van der Waals surface area contributed by atoms with Gasteiger partial charge in [-0.2, -0.15) is 0 Å². The number of aryl methyl sites for hydroxylation is 1. The van der Waals surface area contributed by atoms with Gasteiger partial charge in [0.05, 0.1) is 6.10 Å². The fourth-order valence-corrected chi connectivity index (χ4v) is 2.89. The van der Waals surface area contributed by atoms with Crippen molar-refractivity contribution in [3.63, 3.8) is 0 Å². The Morgan fingerprint density at radius 2 is 2.25 bits per heavy atom. The largest absolute Gasteiger partial charge is 0.391 e. The molecule has 0 spiro atoms. The number of likely N-dealkylation sites (tertiary alicyclic amines) is 1. The van der Waals surface area contributed by atoms with Gasteiger partial charge < -0.3 is 15.0 Å². The summed E-state index contributed by atoms with van der Waals surface area (Å²) in [5.41, 5.74) is 2.42. The summed E-state index contributed by atoms with van der Waals surface area (Å²) in [6.45, 7) is 1.21. The molecule has 1 saturated heterocycles. The van der Waals surface area contributed by atoms with Crippen LogP contribution in [0.4, 0.5) is 0 Å². The summed E-state index contributed by atoms with van der Waals surface area (Å²) < 4.78 is 0. The Hall–Kier alpha value is -1.81. The highest BCUT2D eigenvalue weighted by Crippen LogP contribution is 2.20. The lowest BCUT2D eigenvalue weighted by molar-refractivity contribution is -0.130. The highest BCUT2D eigenvalue weighted by molar-refractivity contribution is 5.83. The summed E-state index contributed by atoms with van der Waals surface area (Å²) in [4.78, 5) is 17.0. The number of nitrogens with one attached hydrogen (secondary N) is 1. The minimum Gasteiger partial charge on any atom is -0.391 e. The van der Waals surface area contributed by atoms with E-state index < -0.39 is 0 Å². The molecule has 2 heterocycles. The summed E-state index contributed by atoms with van der Waals surface area (Å²) in [5, 5.41) is 10.7. The van der Waals surface area contributed by atoms with Gasteiger partial charge in [-0.3, -0.25) is 4.79 Å². The van der Waals surface area contributed by atoms with Crippen molar-refractivity contribution in [2.75, 3.05) is 13.1 Å². The second-order valence-electron chi connectivity index (χ2n) is 5.50. The maximum atomic E-state index is 12.0. The van der Waals surface area contributed by atoms with Crippen molar-refractivity contribution >= 4 is 16.8 Å². The number of aromatic nitrogens is 1. The molecule has 1 fully saturated rings. The Bertz CT molecular complexity index is 605. The first-order valence-electron chi connectivity index (χ1n) is 7.25. The molecule has 1 aromatic carbocycles. The van der Waals surface area contributed by atoms with E-state index in [1.807, 2.05) is 18.3 Å².